The second-order valence-electron chi connectivity index (χ2n) is 3.81. The van der Waals surface area contributed by atoms with Crippen molar-refractivity contribution in [3.05, 3.63) is 29.3 Å². The van der Waals surface area contributed by atoms with Gasteiger partial charge in [-0.2, -0.15) is 13.2 Å². The Balaban J connectivity index is 3.03. The van der Waals surface area contributed by atoms with E-state index in [4.69, 9.17) is 5.73 Å². The number of nitrogens with one attached hydrogen (secondary N) is 1. The molecule has 0 aliphatic carbocycles. The minimum atomic E-state index is -4.43. The summed E-state index contributed by atoms with van der Waals surface area (Å²) in [5, 5.41) is 2.36. The van der Waals surface area contributed by atoms with E-state index >= 15 is 0 Å². The molecule has 0 aliphatic heterocycles. The average Bonchev–Trinajstić information content (AvgIpc) is 2.19. The topological polar surface area (TPSA) is 55.1 Å². The van der Waals surface area contributed by atoms with Crippen LogP contribution in [0.2, 0.25) is 0 Å². The van der Waals surface area contributed by atoms with Gasteiger partial charge in [0, 0.05) is 5.69 Å². The second kappa shape index (κ2) is 4.75. The molecule has 0 unspecified atom stereocenters. The number of hydrogen-bond donors (Lipinski definition) is 2. The zero-order chi connectivity index (χ0) is 13.2. The molecule has 17 heavy (non-hydrogen) atoms. The number of nitrogens with two attached hydrogens (primary N) is 1. The molecular weight excluding hydrogens is 233 g/mol. The van der Waals surface area contributed by atoms with E-state index in [1.165, 1.54) is 13.0 Å². The quantitative estimate of drug-likeness (QED) is 0.841. The standard InChI is InChI=1S/C11H13F3N2O/c1-6-3-4-8(11(12,13)14)5-9(6)16-10(17)7(2)15/h3-5,7H,15H2,1-2H3,(H,16,17)/t7-/m1/s1. The van der Waals surface area contributed by atoms with Crippen molar-refractivity contribution in [2.45, 2.75) is 26.1 Å². The summed E-state index contributed by atoms with van der Waals surface area (Å²) < 4.78 is 37.4. The third-order valence-corrected chi connectivity index (χ3v) is 2.24. The van der Waals surface area contributed by atoms with Crippen molar-refractivity contribution < 1.29 is 18.0 Å². The van der Waals surface area contributed by atoms with Gasteiger partial charge in [0.15, 0.2) is 0 Å². The van der Waals surface area contributed by atoms with Crippen molar-refractivity contribution in [1.29, 1.82) is 0 Å². The summed E-state index contributed by atoms with van der Waals surface area (Å²) in [6.45, 7) is 3.06. The van der Waals surface area contributed by atoms with E-state index in [-0.39, 0.29) is 5.69 Å². The molecule has 1 rings (SSSR count). The number of alkyl halides is 3. The molecule has 0 heterocycles. The van der Waals surface area contributed by atoms with Crippen LogP contribution in [0.4, 0.5) is 18.9 Å². The Morgan fingerprint density at radius 2 is 2.00 bits per heavy atom. The van der Waals surface area contributed by atoms with Crippen LogP contribution in [0.5, 0.6) is 0 Å². The summed E-state index contributed by atoms with van der Waals surface area (Å²) in [5.41, 5.74) is 5.20. The van der Waals surface area contributed by atoms with E-state index in [2.05, 4.69) is 5.32 Å². The van der Waals surface area contributed by atoms with Gasteiger partial charge in [-0.25, -0.2) is 0 Å². The lowest BCUT2D eigenvalue weighted by molar-refractivity contribution is -0.137. The fourth-order valence-electron chi connectivity index (χ4n) is 1.18. The predicted molar refractivity (Wildman–Crippen MR) is 58.5 cm³/mol. The van der Waals surface area contributed by atoms with Crippen LogP contribution in [0.3, 0.4) is 0 Å². The minimum Gasteiger partial charge on any atom is -0.324 e. The van der Waals surface area contributed by atoms with Gasteiger partial charge in [-0.3, -0.25) is 4.79 Å². The fourth-order valence-corrected chi connectivity index (χ4v) is 1.18. The van der Waals surface area contributed by atoms with Crippen molar-refractivity contribution in [1.82, 2.24) is 0 Å². The van der Waals surface area contributed by atoms with Gasteiger partial charge in [0.05, 0.1) is 11.6 Å². The van der Waals surface area contributed by atoms with Crippen molar-refractivity contribution >= 4 is 11.6 Å². The van der Waals surface area contributed by atoms with Crippen LogP contribution in [0.15, 0.2) is 18.2 Å². The molecule has 3 N–H and O–H groups in total. The first kappa shape index (κ1) is 13.5. The van der Waals surface area contributed by atoms with E-state index in [9.17, 15) is 18.0 Å². The highest BCUT2D eigenvalue weighted by atomic mass is 19.4. The van der Waals surface area contributed by atoms with Crippen LogP contribution in [0.25, 0.3) is 0 Å². The Bertz CT molecular complexity index is 427. The van der Waals surface area contributed by atoms with E-state index in [0.717, 1.165) is 12.1 Å². The maximum absolute atomic E-state index is 12.5. The maximum Gasteiger partial charge on any atom is 0.416 e. The number of carbonyl (C=O) groups is 1. The number of halogens is 3. The van der Waals surface area contributed by atoms with E-state index in [1.54, 1.807) is 6.92 Å². The molecule has 0 radical (unpaired) electrons. The Morgan fingerprint density at radius 3 is 2.47 bits per heavy atom. The Hall–Kier alpha value is -1.56. The third kappa shape index (κ3) is 3.45. The van der Waals surface area contributed by atoms with Crippen molar-refractivity contribution in [2.24, 2.45) is 5.73 Å². The van der Waals surface area contributed by atoms with Crippen LogP contribution in [-0.4, -0.2) is 11.9 Å². The zero-order valence-electron chi connectivity index (χ0n) is 9.43. The van der Waals surface area contributed by atoms with Crippen LogP contribution < -0.4 is 11.1 Å². The summed E-state index contributed by atoms with van der Waals surface area (Å²) in [4.78, 5) is 11.3. The number of benzene rings is 1. The molecule has 6 heteroatoms. The van der Waals surface area contributed by atoms with Gasteiger partial charge in [0.2, 0.25) is 5.91 Å². The van der Waals surface area contributed by atoms with Crippen molar-refractivity contribution in [3.63, 3.8) is 0 Å². The monoisotopic (exact) mass is 246 g/mol. The fraction of sp³-hybridized carbons (Fsp3) is 0.364. The Kier molecular flexibility index (Phi) is 3.77. The molecule has 1 amide bonds. The second-order valence-corrected chi connectivity index (χ2v) is 3.81. The Morgan fingerprint density at radius 1 is 1.41 bits per heavy atom. The van der Waals surface area contributed by atoms with Crippen molar-refractivity contribution in [3.8, 4) is 0 Å². The number of hydrogen-bond acceptors (Lipinski definition) is 2. The normalized spacial score (nSPS) is 13.3. The largest absolute Gasteiger partial charge is 0.416 e. The molecule has 3 nitrogen and oxygen atoms in total. The molecule has 1 aromatic rings. The van der Waals surface area contributed by atoms with Gasteiger partial charge < -0.3 is 11.1 Å². The lowest BCUT2D eigenvalue weighted by Gasteiger charge is -2.13. The van der Waals surface area contributed by atoms with Crippen molar-refractivity contribution in [2.75, 3.05) is 5.32 Å². The number of rotatable bonds is 2. The van der Waals surface area contributed by atoms with Crippen LogP contribution in [0, 0.1) is 6.92 Å². The number of carbonyl (C=O) groups excluding carboxylic acids is 1. The van der Waals surface area contributed by atoms with Crippen LogP contribution in [-0.2, 0) is 11.0 Å². The molecule has 0 fully saturated rings. The lowest BCUT2D eigenvalue weighted by atomic mass is 10.1. The molecule has 0 saturated heterocycles. The molecule has 0 spiro atoms. The number of amides is 1. The van der Waals surface area contributed by atoms with Crippen LogP contribution in [0.1, 0.15) is 18.1 Å². The first-order chi connectivity index (χ1) is 7.71. The van der Waals surface area contributed by atoms with Crippen LogP contribution >= 0.6 is 0 Å². The Labute approximate surface area is 96.8 Å². The molecule has 0 aliphatic rings. The summed E-state index contributed by atoms with van der Waals surface area (Å²) in [7, 11) is 0. The van der Waals surface area contributed by atoms with Gasteiger partial charge in [-0.1, -0.05) is 6.07 Å². The first-order valence-corrected chi connectivity index (χ1v) is 4.96. The summed E-state index contributed by atoms with van der Waals surface area (Å²) in [5.74, 6) is -0.521. The zero-order valence-corrected chi connectivity index (χ0v) is 9.43. The van der Waals surface area contributed by atoms with Gasteiger partial charge in [-0.05, 0) is 31.5 Å². The smallest absolute Gasteiger partial charge is 0.324 e. The summed E-state index contributed by atoms with van der Waals surface area (Å²) in [6.07, 6.45) is -4.43. The van der Waals surface area contributed by atoms with Gasteiger partial charge in [0.25, 0.3) is 0 Å². The van der Waals surface area contributed by atoms with E-state index in [1.807, 2.05) is 0 Å². The summed E-state index contributed by atoms with van der Waals surface area (Å²) in [6, 6.07) is 2.40. The highest BCUT2D eigenvalue weighted by Crippen LogP contribution is 2.31. The third-order valence-electron chi connectivity index (χ3n) is 2.24. The first-order valence-electron chi connectivity index (χ1n) is 4.96. The highest BCUT2D eigenvalue weighted by molar-refractivity contribution is 5.95. The SMILES string of the molecule is Cc1ccc(C(F)(F)F)cc1NC(=O)[C@@H](C)N. The van der Waals surface area contributed by atoms with Gasteiger partial charge >= 0.3 is 6.18 Å². The molecule has 0 saturated carbocycles. The lowest BCUT2D eigenvalue weighted by Crippen LogP contribution is -2.32. The maximum atomic E-state index is 12.5. The number of aryl methyl sites for hydroxylation is 1. The summed E-state index contributed by atoms with van der Waals surface area (Å²) >= 11 is 0. The molecule has 0 bridgehead atoms. The molecule has 94 valence electrons. The molecule has 1 aromatic carbocycles. The minimum absolute atomic E-state index is 0.127. The average molecular weight is 246 g/mol. The molecular formula is C11H13F3N2O. The van der Waals surface area contributed by atoms with E-state index < -0.39 is 23.7 Å². The molecule has 0 aromatic heterocycles. The number of anilines is 1. The van der Waals surface area contributed by atoms with E-state index in [0.29, 0.717) is 5.56 Å². The van der Waals surface area contributed by atoms with Gasteiger partial charge in [-0.15, -0.1) is 0 Å². The molecule has 1 atom stereocenters. The van der Waals surface area contributed by atoms with Gasteiger partial charge in [0.1, 0.15) is 0 Å². The highest BCUT2D eigenvalue weighted by Gasteiger charge is 2.30. The predicted octanol–water partition coefficient (Wildman–Crippen LogP) is 2.30.